The maximum Gasteiger partial charge on any atom is 0.122 e. The largest absolute Gasteiger partial charge is 0.492 e. The van der Waals surface area contributed by atoms with Gasteiger partial charge in [0, 0.05) is 18.3 Å². The third kappa shape index (κ3) is 3.75. The van der Waals surface area contributed by atoms with Crippen LogP contribution in [-0.2, 0) is 0 Å². The van der Waals surface area contributed by atoms with Crippen molar-refractivity contribution in [2.75, 3.05) is 25.1 Å². The molecule has 20 heavy (non-hydrogen) atoms. The molecule has 4 heteroatoms. The van der Waals surface area contributed by atoms with Gasteiger partial charge in [0.25, 0.3) is 0 Å². The smallest absolute Gasteiger partial charge is 0.122 e. The molecule has 0 heterocycles. The zero-order valence-corrected chi connectivity index (χ0v) is 11.5. The molecule has 0 amide bonds. The van der Waals surface area contributed by atoms with Crippen molar-refractivity contribution in [3.8, 4) is 5.75 Å². The average molecular weight is 269 g/mol. The Hall–Kier alpha value is -2.49. The fourth-order valence-electron chi connectivity index (χ4n) is 1.84. The van der Waals surface area contributed by atoms with E-state index in [0.29, 0.717) is 6.61 Å². The zero-order valence-electron chi connectivity index (χ0n) is 11.5. The lowest BCUT2D eigenvalue weighted by molar-refractivity contribution is 0.326. The number of para-hydroxylation sites is 1. The number of benzene rings is 2. The molecule has 0 saturated heterocycles. The van der Waals surface area contributed by atoms with E-state index in [-0.39, 0.29) is 5.84 Å². The summed E-state index contributed by atoms with van der Waals surface area (Å²) in [7, 11) is 2.01. The third-order valence-electron chi connectivity index (χ3n) is 3.06. The number of nitrogen functional groups attached to an aromatic ring is 1. The molecule has 2 aromatic rings. The monoisotopic (exact) mass is 269 g/mol. The number of nitrogens with zero attached hydrogens (tertiary/aromatic N) is 1. The molecular weight excluding hydrogens is 250 g/mol. The van der Waals surface area contributed by atoms with Crippen LogP contribution in [0.3, 0.4) is 0 Å². The number of rotatable bonds is 6. The van der Waals surface area contributed by atoms with Crippen LogP contribution in [0.5, 0.6) is 5.75 Å². The van der Waals surface area contributed by atoms with Crippen LogP contribution in [0, 0.1) is 5.41 Å². The first kappa shape index (κ1) is 13.9. The van der Waals surface area contributed by atoms with E-state index in [1.807, 2.05) is 61.6 Å². The summed E-state index contributed by atoms with van der Waals surface area (Å²) in [5, 5.41) is 7.36. The number of likely N-dealkylation sites (N-methyl/N-ethyl adjacent to an activating group) is 1. The second-order valence-corrected chi connectivity index (χ2v) is 4.54. The summed E-state index contributed by atoms with van der Waals surface area (Å²) in [5.41, 5.74) is 7.25. The Morgan fingerprint density at radius 3 is 2.35 bits per heavy atom. The SMILES string of the molecule is CN(CCOc1ccccc1)c1ccc(C(=N)N)cc1. The Kier molecular flexibility index (Phi) is 4.60. The highest BCUT2D eigenvalue weighted by atomic mass is 16.5. The number of nitrogens with two attached hydrogens (primary N) is 1. The molecule has 104 valence electrons. The van der Waals surface area contributed by atoms with Gasteiger partial charge in [-0.25, -0.2) is 0 Å². The van der Waals surface area contributed by atoms with Gasteiger partial charge in [-0.15, -0.1) is 0 Å². The van der Waals surface area contributed by atoms with Crippen molar-refractivity contribution in [3.05, 3.63) is 60.2 Å². The first-order chi connectivity index (χ1) is 9.66. The molecule has 0 radical (unpaired) electrons. The van der Waals surface area contributed by atoms with Gasteiger partial charge in [0.05, 0.1) is 6.54 Å². The number of hydrogen-bond acceptors (Lipinski definition) is 3. The number of hydrogen-bond donors (Lipinski definition) is 2. The lowest BCUT2D eigenvalue weighted by atomic mass is 10.2. The molecular formula is C16H19N3O. The fourth-order valence-corrected chi connectivity index (χ4v) is 1.84. The van der Waals surface area contributed by atoms with E-state index < -0.39 is 0 Å². The van der Waals surface area contributed by atoms with Gasteiger partial charge in [-0.05, 0) is 36.4 Å². The highest BCUT2D eigenvalue weighted by Crippen LogP contribution is 2.14. The number of amidine groups is 1. The molecule has 0 unspecified atom stereocenters. The summed E-state index contributed by atoms with van der Waals surface area (Å²) < 4.78 is 5.66. The van der Waals surface area contributed by atoms with Gasteiger partial charge in [-0.1, -0.05) is 18.2 Å². The van der Waals surface area contributed by atoms with E-state index in [9.17, 15) is 0 Å². The maximum absolute atomic E-state index is 7.36. The first-order valence-electron chi connectivity index (χ1n) is 6.50. The Morgan fingerprint density at radius 1 is 1.10 bits per heavy atom. The normalized spacial score (nSPS) is 10.1. The molecule has 0 saturated carbocycles. The standard InChI is InChI=1S/C16H19N3O/c1-19(11-12-20-15-5-3-2-4-6-15)14-9-7-13(8-10-14)16(17)18/h2-10H,11-12H2,1H3,(H3,17,18). The number of nitrogens with one attached hydrogen (secondary N) is 1. The molecule has 0 atom stereocenters. The molecule has 0 spiro atoms. The Labute approximate surface area is 119 Å². The van der Waals surface area contributed by atoms with Crippen molar-refractivity contribution in [1.82, 2.24) is 0 Å². The number of ether oxygens (including phenoxy) is 1. The van der Waals surface area contributed by atoms with Crippen molar-refractivity contribution < 1.29 is 4.74 Å². The summed E-state index contributed by atoms with van der Waals surface area (Å²) in [6, 6.07) is 17.4. The predicted octanol–water partition coefficient (Wildman–Crippen LogP) is 2.49. The van der Waals surface area contributed by atoms with Crippen molar-refractivity contribution >= 4 is 11.5 Å². The topological polar surface area (TPSA) is 62.3 Å². The summed E-state index contributed by atoms with van der Waals surface area (Å²) in [6.07, 6.45) is 0. The Balaban J connectivity index is 1.85. The van der Waals surface area contributed by atoms with Crippen molar-refractivity contribution in [1.29, 1.82) is 5.41 Å². The van der Waals surface area contributed by atoms with Gasteiger partial charge in [0.15, 0.2) is 0 Å². The van der Waals surface area contributed by atoms with E-state index in [4.69, 9.17) is 15.9 Å². The van der Waals surface area contributed by atoms with Crippen LogP contribution in [0.4, 0.5) is 5.69 Å². The van der Waals surface area contributed by atoms with Gasteiger partial charge < -0.3 is 15.4 Å². The molecule has 4 nitrogen and oxygen atoms in total. The van der Waals surface area contributed by atoms with E-state index >= 15 is 0 Å². The Morgan fingerprint density at radius 2 is 1.75 bits per heavy atom. The lowest BCUT2D eigenvalue weighted by Crippen LogP contribution is -2.23. The minimum absolute atomic E-state index is 0.0895. The second kappa shape index (κ2) is 6.61. The van der Waals surface area contributed by atoms with Crippen molar-refractivity contribution in [3.63, 3.8) is 0 Å². The van der Waals surface area contributed by atoms with Crippen LogP contribution < -0.4 is 15.4 Å². The maximum atomic E-state index is 7.36. The minimum atomic E-state index is 0.0895. The van der Waals surface area contributed by atoms with Gasteiger partial charge in [0.1, 0.15) is 18.2 Å². The average Bonchev–Trinajstić information content (AvgIpc) is 2.48. The van der Waals surface area contributed by atoms with Gasteiger partial charge in [-0.2, -0.15) is 0 Å². The molecule has 2 aromatic carbocycles. The van der Waals surface area contributed by atoms with Crippen molar-refractivity contribution in [2.24, 2.45) is 5.73 Å². The van der Waals surface area contributed by atoms with Crippen LogP contribution in [0.25, 0.3) is 0 Å². The summed E-state index contributed by atoms with van der Waals surface area (Å²) >= 11 is 0. The van der Waals surface area contributed by atoms with Crippen LogP contribution in [0.1, 0.15) is 5.56 Å². The van der Waals surface area contributed by atoms with Gasteiger partial charge >= 0.3 is 0 Å². The Bertz CT molecular complexity index is 552. The number of anilines is 1. The highest BCUT2D eigenvalue weighted by Gasteiger charge is 2.02. The molecule has 0 aliphatic rings. The second-order valence-electron chi connectivity index (χ2n) is 4.54. The minimum Gasteiger partial charge on any atom is -0.492 e. The predicted molar refractivity (Wildman–Crippen MR) is 82.7 cm³/mol. The fraction of sp³-hybridized carbons (Fsp3) is 0.188. The van der Waals surface area contributed by atoms with E-state index in [1.54, 1.807) is 0 Å². The molecule has 0 fully saturated rings. The molecule has 0 aliphatic carbocycles. The quantitative estimate of drug-likeness (QED) is 0.625. The van der Waals surface area contributed by atoms with E-state index in [2.05, 4.69) is 4.90 Å². The van der Waals surface area contributed by atoms with Crippen LogP contribution in [0.2, 0.25) is 0 Å². The summed E-state index contributed by atoms with van der Waals surface area (Å²) in [6.45, 7) is 1.41. The molecule has 2 rings (SSSR count). The molecule has 3 N–H and O–H groups in total. The summed E-state index contributed by atoms with van der Waals surface area (Å²) in [5.74, 6) is 0.972. The molecule has 0 aliphatic heterocycles. The summed E-state index contributed by atoms with van der Waals surface area (Å²) in [4.78, 5) is 2.10. The third-order valence-corrected chi connectivity index (χ3v) is 3.06. The lowest BCUT2D eigenvalue weighted by Gasteiger charge is -2.19. The van der Waals surface area contributed by atoms with Crippen LogP contribution in [0.15, 0.2) is 54.6 Å². The first-order valence-corrected chi connectivity index (χ1v) is 6.50. The molecule has 0 aromatic heterocycles. The van der Waals surface area contributed by atoms with Crippen molar-refractivity contribution in [2.45, 2.75) is 0 Å². The van der Waals surface area contributed by atoms with Crippen LogP contribution in [-0.4, -0.2) is 26.0 Å². The van der Waals surface area contributed by atoms with Crippen LogP contribution >= 0.6 is 0 Å². The van der Waals surface area contributed by atoms with Gasteiger partial charge in [-0.3, -0.25) is 5.41 Å². The van der Waals surface area contributed by atoms with E-state index in [1.165, 1.54) is 0 Å². The van der Waals surface area contributed by atoms with E-state index in [0.717, 1.165) is 23.5 Å². The highest BCUT2D eigenvalue weighted by molar-refractivity contribution is 5.95. The molecule has 0 bridgehead atoms. The zero-order chi connectivity index (χ0) is 14.4. The van der Waals surface area contributed by atoms with Gasteiger partial charge in [0.2, 0.25) is 0 Å².